The second kappa shape index (κ2) is 9.87. The zero-order valence-electron chi connectivity index (χ0n) is 19.4. The SMILES string of the molecule is COc1ccc(CNC(=O)N2CCN(c3nc4ccccc4n3Cc3ccccc3)CC2)cc1. The molecule has 174 valence electrons. The van der Waals surface area contributed by atoms with Crippen molar-refractivity contribution < 1.29 is 9.53 Å². The first kappa shape index (κ1) is 21.8. The summed E-state index contributed by atoms with van der Waals surface area (Å²) in [4.78, 5) is 21.9. The van der Waals surface area contributed by atoms with Crippen LogP contribution in [-0.2, 0) is 13.1 Å². The van der Waals surface area contributed by atoms with E-state index in [1.807, 2.05) is 41.3 Å². The number of nitrogens with zero attached hydrogens (tertiary/aromatic N) is 4. The summed E-state index contributed by atoms with van der Waals surface area (Å²) in [7, 11) is 1.65. The highest BCUT2D eigenvalue weighted by atomic mass is 16.5. The molecule has 0 saturated carbocycles. The molecule has 7 heteroatoms. The average molecular weight is 456 g/mol. The molecule has 0 unspecified atom stereocenters. The van der Waals surface area contributed by atoms with Crippen molar-refractivity contribution in [2.24, 2.45) is 0 Å². The van der Waals surface area contributed by atoms with Crippen molar-refractivity contribution in [2.45, 2.75) is 13.1 Å². The van der Waals surface area contributed by atoms with E-state index >= 15 is 0 Å². The molecule has 7 nitrogen and oxygen atoms in total. The van der Waals surface area contributed by atoms with Gasteiger partial charge in [-0.25, -0.2) is 9.78 Å². The average Bonchev–Trinajstić information content (AvgIpc) is 3.26. The normalized spacial score (nSPS) is 13.8. The number of hydrogen-bond donors (Lipinski definition) is 1. The van der Waals surface area contributed by atoms with Gasteiger partial charge in [0.1, 0.15) is 5.75 Å². The van der Waals surface area contributed by atoms with Gasteiger partial charge in [-0.15, -0.1) is 0 Å². The monoisotopic (exact) mass is 455 g/mol. The van der Waals surface area contributed by atoms with Gasteiger partial charge in [-0.05, 0) is 35.4 Å². The van der Waals surface area contributed by atoms with E-state index in [0.717, 1.165) is 47.9 Å². The molecule has 1 N–H and O–H groups in total. The third kappa shape index (κ3) is 4.69. The number of hydrogen-bond acceptors (Lipinski definition) is 4. The van der Waals surface area contributed by atoms with Gasteiger partial charge in [0.05, 0.1) is 24.7 Å². The summed E-state index contributed by atoms with van der Waals surface area (Å²) >= 11 is 0. The highest BCUT2D eigenvalue weighted by Gasteiger charge is 2.25. The Morgan fingerprint density at radius 3 is 2.32 bits per heavy atom. The molecular formula is C27H29N5O2. The van der Waals surface area contributed by atoms with E-state index < -0.39 is 0 Å². The molecular weight excluding hydrogens is 426 g/mol. The number of carbonyl (C=O) groups excluding carboxylic acids is 1. The minimum absolute atomic E-state index is 0.0340. The minimum Gasteiger partial charge on any atom is -0.497 e. The standard InChI is InChI=1S/C27H29N5O2/c1-34-23-13-11-21(12-14-23)19-28-27(33)31-17-15-30(16-18-31)26-29-24-9-5-6-10-25(24)32(26)20-22-7-3-2-4-8-22/h2-14H,15-20H2,1H3,(H,28,33). The Bertz CT molecular complexity index is 1250. The van der Waals surface area contributed by atoms with Crippen LogP contribution < -0.4 is 15.0 Å². The van der Waals surface area contributed by atoms with Gasteiger partial charge in [0.25, 0.3) is 0 Å². The Morgan fingerprint density at radius 1 is 0.882 bits per heavy atom. The fourth-order valence-corrected chi connectivity index (χ4v) is 4.37. The first-order chi connectivity index (χ1) is 16.7. The van der Waals surface area contributed by atoms with Crippen molar-refractivity contribution in [2.75, 3.05) is 38.2 Å². The summed E-state index contributed by atoms with van der Waals surface area (Å²) in [5.41, 5.74) is 4.40. The number of nitrogens with one attached hydrogen (secondary N) is 1. The van der Waals surface area contributed by atoms with Gasteiger partial charge in [0.15, 0.2) is 0 Å². The predicted octanol–water partition coefficient (Wildman–Crippen LogP) is 4.13. The Labute approximate surface area is 199 Å². The molecule has 2 heterocycles. The van der Waals surface area contributed by atoms with Gasteiger partial charge in [-0.1, -0.05) is 54.6 Å². The van der Waals surface area contributed by atoms with Gasteiger partial charge in [0, 0.05) is 32.7 Å². The number of piperazine rings is 1. The first-order valence-corrected chi connectivity index (χ1v) is 11.6. The quantitative estimate of drug-likeness (QED) is 0.475. The van der Waals surface area contributed by atoms with Crippen LogP contribution in [0.3, 0.4) is 0 Å². The van der Waals surface area contributed by atoms with E-state index in [1.54, 1.807) is 7.11 Å². The Morgan fingerprint density at radius 2 is 1.59 bits per heavy atom. The second-order valence-corrected chi connectivity index (χ2v) is 8.45. The largest absolute Gasteiger partial charge is 0.497 e. The summed E-state index contributed by atoms with van der Waals surface area (Å²) < 4.78 is 7.47. The van der Waals surface area contributed by atoms with Crippen molar-refractivity contribution >= 4 is 23.0 Å². The highest BCUT2D eigenvalue weighted by Crippen LogP contribution is 2.25. The zero-order chi connectivity index (χ0) is 23.3. The number of amides is 2. The van der Waals surface area contributed by atoms with Crippen molar-refractivity contribution in [3.05, 3.63) is 90.0 Å². The molecule has 4 aromatic rings. The van der Waals surface area contributed by atoms with Crippen molar-refractivity contribution in [3.8, 4) is 5.75 Å². The number of rotatable bonds is 6. The Hall–Kier alpha value is -4.00. The molecule has 0 aliphatic carbocycles. The summed E-state index contributed by atoms with van der Waals surface area (Å²) in [6.07, 6.45) is 0. The molecule has 0 radical (unpaired) electrons. The van der Waals surface area contributed by atoms with Gasteiger partial charge < -0.3 is 24.4 Å². The van der Waals surface area contributed by atoms with Crippen LogP contribution in [0.4, 0.5) is 10.7 Å². The zero-order valence-corrected chi connectivity index (χ0v) is 19.4. The van der Waals surface area contributed by atoms with Gasteiger partial charge >= 0.3 is 6.03 Å². The van der Waals surface area contributed by atoms with E-state index in [2.05, 4.69) is 57.2 Å². The van der Waals surface area contributed by atoms with E-state index in [4.69, 9.17) is 9.72 Å². The topological polar surface area (TPSA) is 62.6 Å². The molecule has 1 aliphatic heterocycles. The van der Waals surface area contributed by atoms with E-state index in [1.165, 1.54) is 5.56 Å². The molecule has 0 bridgehead atoms. The number of para-hydroxylation sites is 2. The first-order valence-electron chi connectivity index (χ1n) is 11.6. The summed E-state index contributed by atoms with van der Waals surface area (Å²) in [6.45, 7) is 4.06. The number of imidazole rings is 1. The molecule has 3 aromatic carbocycles. The molecule has 1 aromatic heterocycles. The number of carbonyl (C=O) groups is 1. The maximum Gasteiger partial charge on any atom is 0.317 e. The Kier molecular flexibility index (Phi) is 6.33. The second-order valence-electron chi connectivity index (χ2n) is 8.45. The van der Waals surface area contributed by atoms with E-state index in [0.29, 0.717) is 19.6 Å². The number of urea groups is 1. The predicted molar refractivity (Wildman–Crippen MR) is 134 cm³/mol. The van der Waals surface area contributed by atoms with Crippen LogP contribution in [-0.4, -0.2) is 53.8 Å². The summed E-state index contributed by atoms with van der Waals surface area (Å²) in [5.74, 6) is 1.77. The highest BCUT2D eigenvalue weighted by molar-refractivity contribution is 5.79. The number of methoxy groups -OCH3 is 1. The van der Waals surface area contributed by atoms with Crippen LogP contribution in [0.15, 0.2) is 78.9 Å². The molecule has 0 spiro atoms. The number of ether oxygens (including phenoxy) is 1. The van der Waals surface area contributed by atoms with Gasteiger partial charge in [-0.3, -0.25) is 0 Å². The van der Waals surface area contributed by atoms with Crippen LogP contribution >= 0.6 is 0 Å². The summed E-state index contributed by atoms with van der Waals surface area (Å²) in [6, 6.07) is 26.4. The molecule has 34 heavy (non-hydrogen) atoms. The summed E-state index contributed by atoms with van der Waals surface area (Å²) in [5, 5.41) is 3.03. The van der Waals surface area contributed by atoms with Crippen LogP contribution in [0, 0.1) is 0 Å². The van der Waals surface area contributed by atoms with Crippen molar-refractivity contribution in [1.82, 2.24) is 19.8 Å². The van der Waals surface area contributed by atoms with Gasteiger partial charge in [0.2, 0.25) is 5.95 Å². The number of aromatic nitrogens is 2. The maximum absolute atomic E-state index is 12.7. The minimum atomic E-state index is -0.0340. The lowest BCUT2D eigenvalue weighted by Gasteiger charge is -2.35. The number of fused-ring (bicyclic) bond motifs is 1. The molecule has 1 saturated heterocycles. The smallest absolute Gasteiger partial charge is 0.317 e. The van der Waals surface area contributed by atoms with Crippen LogP contribution in [0.2, 0.25) is 0 Å². The van der Waals surface area contributed by atoms with E-state index in [9.17, 15) is 4.79 Å². The number of benzene rings is 3. The van der Waals surface area contributed by atoms with E-state index in [-0.39, 0.29) is 6.03 Å². The lowest BCUT2D eigenvalue weighted by atomic mass is 10.2. The molecule has 1 aliphatic rings. The lowest BCUT2D eigenvalue weighted by Crippen LogP contribution is -2.52. The van der Waals surface area contributed by atoms with Crippen molar-refractivity contribution in [1.29, 1.82) is 0 Å². The maximum atomic E-state index is 12.7. The van der Waals surface area contributed by atoms with Gasteiger partial charge in [-0.2, -0.15) is 0 Å². The molecule has 0 atom stereocenters. The third-order valence-electron chi connectivity index (χ3n) is 6.27. The molecule has 2 amide bonds. The molecule has 5 rings (SSSR count). The Balaban J connectivity index is 1.25. The van der Waals surface area contributed by atoms with Crippen molar-refractivity contribution in [3.63, 3.8) is 0 Å². The fraction of sp³-hybridized carbons (Fsp3) is 0.259. The van der Waals surface area contributed by atoms with Crippen LogP contribution in [0.5, 0.6) is 5.75 Å². The van der Waals surface area contributed by atoms with Crippen LogP contribution in [0.25, 0.3) is 11.0 Å². The third-order valence-corrected chi connectivity index (χ3v) is 6.27. The fourth-order valence-electron chi connectivity index (χ4n) is 4.37. The number of anilines is 1. The molecule has 1 fully saturated rings. The van der Waals surface area contributed by atoms with Crippen LogP contribution in [0.1, 0.15) is 11.1 Å². The lowest BCUT2D eigenvalue weighted by molar-refractivity contribution is 0.193.